The van der Waals surface area contributed by atoms with Crippen LogP contribution in [0.15, 0.2) is 65.2 Å². The lowest BCUT2D eigenvalue weighted by atomic mass is 10.1. The highest BCUT2D eigenvalue weighted by atomic mass is 32.2. The molecule has 0 aliphatic carbocycles. The minimum Gasteiger partial charge on any atom is -0.406 e. The van der Waals surface area contributed by atoms with Crippen molar-refractivity contribution in [1.29, 1.82) is 0 Å². The van der Waals surface area contributed by atoms with Crippen LogP contribution in [0.5, 0.6) is 5.75 Å². The number of fused-ring (bicyclic) bond motifs is 3. The van der Waals surface area contributed by atoms with Crippen molar-refractivity contribution < 1.29 is 22.7 Å². The fourth-order valence-electron chi connectivity index (χ4n) is 4.29. The first-order chi connectivity index (χ1) is 19.1. The van der Waals surface area contributed by atoms with Crippen LogP contribution in [0.1, 0.15) is 17.0 Å². The van der Waals surface area contributed by atoms with E-state index in [2.05, 4.69) is 34.2 Å². The number of halogens is 3. The van der Waals surface area contributed by atoms with Crippen LogP contribution in [0, 0.1) is 13.8 Å². The van der Waals surface area contributed by atoms with Gasteiger partial charge in [0, 0.05) is 35.3 Å². The van der Waals surface area contributed by atoms with Gasteiger partial charge in [0.15, 0.2) is 5.82 Å². The summed E-state index contributed by atoms with van der Waals surface area (Å²) in [6.07, 6.45) is -1.69. The third kappa shape index (κ3) is 5.83. The fraction of sp³-hybridized carbons (Fsp3) is 0.148. The normalized spacial score (nSPS) is 11.8. The maximum Gasteiger partial charge on any atom is 0.573 e. The van der Waals surface area contributed by atoms with Crippen LogP contribution in [-0.2, 0) is 7.05 Å². The summed E-state index contributed by atoms with van der Waals surface area (Å²) in [4.78, 5) is 21.1. The predicted octanol–water partition coefficient (Wildman–Crippen LogP) is 6.50. The Kier molecular flexibility index (Phi) is 7.30. The van der Waals surface area contributed by atoms with E-state index in [4.69, 9.17) is 0 Å². The number of ether oxygens (including phenoxy) is 1. The van der Waals surface area contributed by atoms with Crippen molar-refractivity contribution in [2.24, 2.45) is 11.4 Å². The summed E-state index contributed by atoms with van der Waals surface area (Å²) < 4.78 is 49.8. The Labute approximate surface area is 230 Å². The van der Waals surface area contributed by atoms with Crippen LogP contribution < -0.4 is 14.8 Å². The average molecular weight is 566 g/mol. The van der Waals surface area contributed by atoms with Gasteiger partial charge in [-0.1, -0.05) is 18.2 Å². The molecule has 2 amide bonds. The average Bonchev–Trinajstić information content (AvgIpc) is 3.24. The molecule has 0 saturated heterocycles. The molecule has 204 valence electrons. The number of para-hydroxylation sites is 1. The van der Waals surface area contributed by atoms with Gasteiger partial charge in [0.2, 0.25) is 0 Å². The molecule has 0 saturated carbocycles. The van der Waals surface area contributed by atoms with Crippen molar-refractivity contribution in [3.05, 3.63) is 77.7 Å². The van der Waals surface area contributed by atoms with E-state index in [0.717, 1.165) is 40.0 Å². The SMILES string of the molecule is Cc1cccc(C)c1NC(=O)NSN=Cc1ncc2c(ccc3c(-c4ccc(OC(F)(F)F)cc4)n(C)nc32)n1. The quantitative estimate of drug-likeness (QED) is 0.180. The lowest BCUT2D eigenvalue weighted by Gasteiger charge is -2.10. The summed E-state index contributed by atoms with van der Waals surface area (Å²) in [5.74, 6) is 0.0406. The number of nitrogens with one attached hydrogen (secondary N) is 2. The number of rotatable bonds is 6. The van der Waals surface area contributed by atoms with Gasteiger partial charge in [0.05, 0.1) is 29.6 Å². The number of hydrogen-bond acceptors (Lipinski definition) is 7. The number of urea groups is 1. The summed E-state index contributed by atoms with van der Waals surface area (Å²) >= 11 is 0.842. The van der Waals surface area contributed by atoms with Crippen LogP contribution in [-0.4, -0.2) is 38.4 Å². The van der Waals surface area contributed by atoms with Gasteiger partial charge in [0.25, 0.3) is 0 Å². The second kappa shape index (κ2) is 10.8. The topological polar surface area (TPSA) is 106 Å². The molecular weight excluding hydrogens is 543 g/mol. The number of alkyl halides is 3. The highest BCUT2D eigenvalue weighted by Crippen LogP contribution is 2.33. The zero-order valence-electron chi connectivity index (χ0n) is 21.4. The van der Waals surface area contributed by atoms with Crippen molar-refractivity contribution >= 4 is 51.9 Å². The standard InChI is InChI=1S/C27H22F3N7O2S/c1-15-5-4-6-16(2)23(15)34-26(38)36-40-32-14-22-31-13-20-21(33-22)12-11-19-24(20)35-37(3)25(19)17-7-9-18(10-8-17)39-27(28,29)30/h4-14H,1-3H3,(H2,34,36,38). The Balaban J connectivity index is 1.30. The van der Waals surface area contributed by atoms with Gasteiger partial charge in [-0.25, -0.2) is 14.8 Å². The van der Waals surface area contributed by atoms with E-state index in [1.807, 2.05) is 44.2 Å². The molecule has 0 spiro atoms. The summed E-state index contributed by atoms with van der Waals surface area (Å²) in [5, 5.41) is 8.91. The molecule has 5 aromatic rings. The summed E-state index contributed by atoms with van der Waals surface area (Å²) in [5.41, 5.74) is 5.34. The minimum atomic E-state index is -4.76. The van der Waals surface area contributed by atoms with E-state index < -0.39 is 12.4 Å². The minimum absolute atomic E-state index is 0.300. The van der Waals surface area contributed by atoms with Crippen molar-refractivity contribution in [2.75, 3.05) is 5.32 Å². The van der Waals surface area contributed by atoms with Gasteiger partial charge < -0.3 is 10.1 Å². The molecule has 0 aliphatic rings. The molecule has 9 nitrogen and oxygen atoms in total. The van der Waals surface area contributed by atoms with Gasteiger partial charge in [-0.05, 0) is 61.4 Å². The van der Waals surface area contributed by atoms with E-state index in [9.17, 15) is 18.0 Å². The number of hydrogen-bond donors (Lipinski definition) is 2. The van der Waals surface area contributed by atoms with E-state index in [0.29, 0.717) is 27.8 Å². The number of benzene rings is 3. The number of amides is 2. The zero-order chi connectivity index (χ0) is 28.4. The summed E-state index contributed by atoms with van der Waals surface area (Å²) in [7, 11) is 1.75. The highest BCUT2D eigenvalue weighted by Gasteiger charge is 2.31. The van der Waals surface area contributed by atoms with Crippen LogP contribution in [0.4, 0.5) is 23.7 Å². The molecule has 2 heterocycles. The zero-order valence-corrected chi connectivity index (χ0v) is 22.3. The predicted molar refractivity (Wildman–Crippen MR) is 149 cm³/mol. The molecule has 0 unspecified atom stereocenters. The number of anilines is 1. The molecule has 13 heteroatoms. The van der Waals surface area contributed by atoms with Crippen LogP contribution in [0.3, 0.4) is 0 Å². The number of nitrogens with zero attached hydrogens (tertiary/aromatic N) is 5. The number of carbonyl (C=O) groups is 1. The van der Waals surface area contributed by atoms with Crippen LogP contribution in [0.25, 0.3) is 33.1 Å². The third-order valence-electron chi connectivity index (χ3n) is 6.02. The van der Waals surface area contributed by atoms with Crippen LogP contribution in [0.2, 0.25) is 0 Å². The molecule has 0 aliphatic heterocycles. The first-order valence-corrected chi connectivity index (χ1v) is 12.7. The van der Waals surface area contributed by atoms with Crippen molar-refractivity contribution in [2.45, 2.75) is 20.2 Å². The molecule has 0 fully saturated rings. The van der Waals surface area contributed by atoms with Gasteiger partial charge in [-0.3, -0.25) is 9.40 Å². The maximum atomic E-state index is 12.5. The van der Waals surface area contributed by atoms with Gasteiger partial charge >= 0.3 is 12.4 Å². The summed E-state index contributed by atoms with van der Waals surface area (Å²) in [6, 6.07) is 14.6. The van der Waals surface area contributed by atoms with E-state index in [1.165, 1.54) is 18.3 Å². The first kappa shape index (κ1) is 26.9. The smallest absolute Gasteiger partial charge is 0.406 e. The first-order valence-electron chi connectivity index (χ1n) is 11.9. The summed E-state index contributed by atoms with van der Waals surface area (Å²) in [6.45, 7) is 3.83. The van der Waals surface area contributed by atoms with E-state index >= 15 is 0 Å². The Morgan fingerprint density at radius 3 is 2.48 bits per heavy atom. The third-order valence-corrected chi connectivity index (χ3v) is 6.51. The number of carbonyl (C=O) groups excluding carboxylic acids is 1. The Morgan fingerprint density at radius 1 is 1.05 bits per heavy atom. The van der Waals surface area contributed by atoms with Crippen molar-refractivity contribution in [1.82, 2.24) is 24.5 Å². The Morgan fingerprint density at radius 2 is 1.77 bits per heavy atom. The molecule has 5 rings (SSSR count). The second-order valence-corrected chi connectivity index (χ2v) is 9.41. The van der Waals surface area contributed by atoms with Gasteiger partial charge in [0.1, 0.15) is 11.3 Å². The van der Waals surface area contributed by atoms with Crippen LogP contribution >= 0.6 is 12.1 Å². The highest BCUT2D eigenvalue weighted by molar-refractivity contribution is 7.96. The molecule has 0 atom stereocenters. The van der Waals surface area contributed by atoms with Gasteiger partial charge in [-0.15, -0.1) is 13.2 Å². The molecule has 0 bridgehead atoms. The fourth-order valence-corrected chi connectivity index (χ4v) is 4.62. The molecule has 3 aromatic carbocycles. The molecule has 2 N–H and O–H groups in total. The van der Waals surface area contributed by atoms with Gasteiger partial charge in [-0.2, -0.15) is 9.50 Å². The molecule has 40 heavy (non-hydrogen) atoms. The lowest BCUT2D eigenvalue weighted by Crippen LogP contribution is -2.23. The van der Waals surface area contributed by atoms with E-state index in [1.54, 1.807) is 30.1 Å². The maximum absolute atomic E-state index is 12.5. The van der Waals surface area contributed by atoms with Crippen molar-refractivity contribution in [3.8, 4) is 17.0 Å². The number of aryl methyl sites for hydroxylation is 3. The lowest BCUT2D eigenvalue weighted by molar-refractivity contribution is -0.274. The largest absolute Gasteiger partial charge is 0.573 e. The Bertz CT molecular complexity index is 1730. The Hall–Kier alpha value is -4.65. The monoisotopic (exact) mass is 565 g/mol. The second-order valence-electron chi connectivity index (χ2n) is 8.82. The molecule has 0 radical (unpaired) electrons. The molecule has 2 aromatic heterocycles. The van der Waals surface area contributed by atoms with E-state index in [-0.39, 0.29) is 5.75 Å². The van der Waals surface area contributed by atoms with Crippen molar-refractivity contribution in [3.63, 3.8) is 0 Å². The number of aromatic nitrogens is 4. The molecular formula is C27H22F3N7O2S.